The number of amides is 1. The van der Waals surface area contributed by atoms with Gasteiger partial charge in [0.25, 0.3) is 0 Å². The average molecular weight is 315 g/mol. The van der Waals surface area contributed by atoms with Crippen molar-refractivity contribution in [2.45, 2.75) is 18.2 Å². The Morgan fingerprint density at radius 3 is 3.05 bits per heavy atom. The van der Waals surface area contributed by atoms with Crippen molar-refractivity contribution in [3.8, 4) is 0 Å². The Kier molecular flexibility index (Phi) is 5.07. The molecule has 1 amide bonds. The van der Waals surface area contributed by atoms with Crippen LogP contribution in [-0.4, -0.2) is 23.2 Å². The van der Waals surface area contributed by atoms with Crippen molar-refractivity contribution in [2.75, 3.05) is 12.3 Å². The number of nitrogens with zero attached hydrogens (tertiary/aromatic N) is 1. The van der Waals surface area contributed by atoms with Crippen LogP contribution in [-0.2, 0) is 4.79 Å². The standard InChI is InChI=1S/C13H15ClN2OS2/c1-8(2)6-15-12(17)7-18-13-16-10-5-9(14)3-4-11(10)19-13/h3-5,8H,6-7H2,1-2H3,(H,15,17). The first-order chi connectivity index (χ1) is 9.04. The Labute approximate surface area is 125 Å². The molecule has 0 radical (unpaired) electrons. The van der Waals surface area contributed by atoms with Crippen molar-refractivity contribution in [1.82, 2.24) is 10.3 Å². The number of halogens is 1. The van der Waals surface area contributed by atoms with Crippen molar-refractivity contribution >= 4 is 50.8 Å². The van der Waals surface area contributed by atoms with Gasteiger partial charge in [-0.1, -0.05) is 37.2 Å². The van der Waals surface area contributed by atoms with Crippen molar-refractivity contribution in [1.29, 1.82) is 0 Å². The second-order valence-corrected chi connectivity index (χ2v) is 7.27. The number of rotatable bonds is 5. The van der Waals surface area contributed by atoms with E-state index in [0.717, 1.165) is 21.1 Å². The fourth-order valence-electron chi connectivity index (χ4n) is 1.44. The molecule has 0 aliphatic carbocycles. The topological polar surface area (TPSA) is 42.0 Å². The molecule has 0 fully saturated rings. The summed E-state index contributed by atoms with van der Waals surface area (Å²) in [6.45, 7) is 4.87. The van der Waals surface area contributed by atoms with Crippen LogP contribution >= 0.6 is 34.7 Å². The molecule has 0 aliphatic heterocycles. The summed E-state index contributed by atoms with van der Waals surface area (Å²) in [7, 11) is 0. The molecule has 2 rings (SSSR count). The van der Waals surface area contributed by atoms with Gasteiger partial charge in [0, 0.05) is 11.6 Å². The lowest BCUT2D eigenvalue weighted by atomic mass is 10.2. The Morgan fingerprint density at radius 2 is 2.32 bits per heavy atom. The summed E-state index contributed by atoms with van der Waals surface area (Å²) in [5, 5.41) is 3.58. The van der Waals surface area contributed by atoms with Crippen LogP contribution in [0, 0.1) is 5.92 Å². The first-order valence-electron chi connectivity index (χ1n) is 6.00. The molecular formula is C13H15ClN2OS2. The highest BCUT2D eigenvalue weighted by Crippen LogP contribution is 2.30. The lowest BCUT2D eigenvalue weighted by molar-refractivity contribution is -0.118. The summed E-state index contributed by atoms with van der Waals surface area (Å²) < 4.78 is 1.99. The molecule has 1 aromatic heterocycles. The number of benzene rings is 1. The number of fused-ring (bicyclic) bond motifs is 1. The maximum atomic E-state index is 11.6. The molecule has 1 N–H and O–H groups in total. The van der Waals surface area contributed by atoms with Crippen molar-refractivity contribution in [3.63, 3.8) is 0 Å². The molecule has 0 unspecified atom stereocenters. The minimum absolute atomic E-state index is 0.0518. The average Bonchev–Trinajstić information content (AvgIpc) is 2.75. The number of thiazole rings is 1. The minimum Gasteiger partial charge on any atom is -0.355 e. The molecule has 2 aromatic rings. The zero-order valence-electron chi connectivity index (χ0n) is 10.8. The molecule has 102 valence electrons. The van der Waals surface area contributed by atoms with Gasteiger partial charge in [-0.3, -0.25) is 4.79 Å². The zero-order chi connectivity index (χ0) is 13.8. The molecule has 1 aromatic carbocycles. The molecule has 1 heterocycles. The van der Waals surface area contributed by atoms with Crippen LogP contribution in [0.4, 0.5) is 0 Å². The summed E-state index contributed by atoms with van der Waals surface area (Å²) >= 11 is 8.97. The molecule has 0 atom stereocenters. The summed E-state index contributed by atoms with van der Waals surface area (Å²) in [6.07, 6.45) is 0. The smallest absolute Gasteiger partial charge is 0.230 e. The van der Waals surface area contributed by atoms with Crippen molar-refractivity contribution in [3.05, 3.63) is 23.2 Å². The number of aromatic nitrogens is 1. The Bertz CT molecular complexity index is 583. The van der Waals surface area contributed by atoms with Crippen LogP contribution < -0.4 is 5.32 Å². The predicted molar refractivity (Wildman–Crippen MR) is 83.2 cm³/mol. The third kappa shape index (κ3) is 4.37. The van der Waals surface area contributed by atoms with E-state index in [2.05, 4.69) is 24.1 Å². The van der Waals surface area contributed by atoms with Crippen LogP contribution in [0.5, 0.6) is 0 Å². The van der Waals surface area contributed by atoms with Gasteiger partial charge in [0.05, 0.1) is 16.0 Å². The van der Waals surface area contributed by atoms with E-state index >= 15 is 0 Å². The highest BCUT2D eigenvalue weighted by atomic mass is 35.5. The van der Waals surface area contributed by atoms with E-state index in [-0.39, 0.29) is 5.91 Å². The number of hydrogen-bond acceptors (Lipinski definition) is 4. The summed E-state index contributed by atoms with van der Waals surface area (Å²) in [5.41, 5.74) is 0.891. The molecule has 0 saturated heterocycles. The lowest BCUT2D eigenvalue weighted by Crippen LogP contribution is -2.28. The SMILES string of the molecule is CC(C)CNC(=O)CSc1nc2cc(Cl)ccc2s1. The number of carbonyl (C=O) groups is 1. The van der Waals surface area contributed by atoms with Gasteiger partial charge in [0.2, 0.25) is 5.91 Å². The Balaban J connectivity index is 1.92. The summed E-state index contributed by atoms with van der Waals surface area (Å²) in [6, 6.07) is 5.65. The normalized spacial score (nSPS) is 11.2. The number of thioether (sulfide) groups is 1. The molecule has 3 nitrogen and oxygen atoms in total. The third-order valence-electron chi connectivity index (χ3n) is 2.36. The highest BCUT2D eigenvalue weighted by molar-refractivity contribution is 8.01. The quantitative estimate of drug-likeness (QED) is 0.853. The predicted octanol–water partition coefficient (Wildman–Crippen LogP) is 3.81. The van der Waals surface area contributed by atoms with E-state index in [0.29, 0.717) is 16.7 Å². The van der Waals surface area contributed by atoms with Crippen LogP contribution in [0.15, 0.2) is 22.5 Å². The second-order valence-electron chi connectivity index (χ2n) is 4.58. The van der Waals surface area contributed by atoms with Crippen molar-refractivity contribution in [2.24, 2.45) is 5.92 Å². The van der Waals surface area contributed by atoms with Gasteiger partial charge in [-0.15, -0.1) is 11.3 Å². The van der Waals surface area contributed by atoms with Gasteiger partial charge in [-0.2, -0.15) is 0 Å². The Hall–Kier alpha value is -0.780. The van der Waals surface area contributed by atoms with E-state index in [1.165, 1.54) is 11.8 Å². The van der Waals surface area contributed by atoms with Gasteiger partial charge in [-0.05, 0) is 24.1 Å². The first kappa shape index (κ1) is 14.6. The van der Waals surface area contributed by atoms with Gasteiger partial charge in [0.15, 0.2) is 4.34 Å². The van der Waals surface area contributed by atoms with Gasteiger partial charge < -0.3 is 5.32 Å². The number of carbonyl (C=O) groups excluding carboxylic acids is 1. The maximum absolute atomic E-state index is 11.6. The third-order valence-corrected chi connectivity index (χ3v) is 4.78. The molecule has 0 bridgehead atoms. The zero-order valence-corrected chi connectivity index (χ0v) is 13.2. The Morgan fingerprint density at radius 1 is 1.53 bits per heavy atom. The van der Waals surface area contributed by atoms with E-state index in [1.807, 2.05) is 18.2 Å². The van der Waals surface area contributed by atoms with Gasteiger partial charge in [-0.25, -0.2) is 4.98 Å². The molecule has 19 heavy (non-hydrogen) atoms. The number of hydrogen-bond donors (Lipinski definition) is 1. The lowest BCUT2D eigenvalue weighted by Gasteiger charge is -2.06. The maximum Gasteiger partial charge on any atom is 0.230 e. The largest absolute Gasteiger partial charge is 0.355 e. The van der Waals surface area contributed by atoms with Crippen LogP contribution in [0.3, 0.4) is 0 Å². The van der Waals surface area contributed by atoms with Gasteiger partial charge >= 0.3 is 0 Å². The van der Waals surface area contributed by atoms with Gasteiger partial charge in [0.1, 0.15) is 0 Å². The van der Waals surface area contributed by atoms with E-state index < -0.39 is 0 Å². The van der Waals surface area contributed by atoms with E-state index in [9.17, 15) is 4.79 Å². The van der Waals surface area contributed by atoms with Crippen molar-refractivity contribution < 1.29 is 4.79 Å². The van der Waals surface area contributed by atoms with Crippen LogP contribution in [0.2, 0.25) is 5.02 Å². The summed E-state index contributed by atoms with van der Waals surface area (Å²) in [4.78, 5) is 16.1. The van der Waals surface area contributed by atoms with E-state index in [1.54, 1.807) is 11.3 Å². The fraction of sp³-hybridized carbons (Fsp3) is 0.385. The molecular weight excluding hydrogens is 300 g/mol. The van der Waals surface area contributed by atoms with E-state index in [4.69, 9.17) is 11.6 Å². The monoisotopic (exact) mass is 314 g/mol. The van der Waals surface area contributed by atoms with Crippen LogP contribution in [0.25, 0.3) is 10.2 Å². The molecule has 0 spiro atoms. The molecule has 0 aliphatic rings. The molecule has 0 saturated carbocycles. The first-order valence-corrected chi connectivity index (χ1v) is 8.18. The highest BCUT2D eigenvalue weighted by Gasteiger charge is 2.08. The summed E-state index contributed by atoms with van der Waals surface area (Å²) in [5.74, 6) is 0.926. The molecule has 6 heteroatoms. The van der Waals surface area contributed by atoms with Crippen LogP contribution in [0.1, 0.15) is 13.8 Å². The number of nitrogens with one attached hydrogen (secondary N) is 1. The minimum atomic E-state index is 0.0518. The fourth-order valence-corrected chi connectivity index (χ4v) is 3.48. The second kappa shape index (κ2) is 6.59.